The molecule has 6 nitrogen and oxygen atoms in total. The molecule has 4 rings (SSSR count). The van der Waals surface area contributed by atoms with E-state index >= 15 is 0 Å². The summed E-state index contributed by atoms with van der Waals surface area (Å²) in [5, 5.41) is 0. The van der Waals surface area contributed by atoms with Gasteiger partial charge in [0, 0.05) is 42.9 Å². The van der Waals surface area contributed by atoms with Gasteiger partial charge in [-0.05, 0) is 58.4 Å². The van der Waals surface area contributed by atoms with Crippen molar-refractivity contribution in [2.75, 3.05) is 32.7 Å². The van der Waals surface area contributed by atoms with Gasteiger partial charge in [0.15, 0.2) is 0 Å². The van der Waals surface area contributed by atoms with Crippen LogP contribution in [0.25, 0.3) is 0 Å². The van der Waals surface area contributed by atoms with Crippen molar-refractivity contribution >= 4 is 5.91 Å². The van der Waals surface area contributed by atoms with Crippen molar-refractivity contribution in [1.29, 1.82) is 0 Å². The van der Waals surface area contributed by atoms with Crippen molar-refractivity contribution in [3.8, 4) is 0 Å². The fourth-order valence-corrected chi connectivity index (χ4v) is 5.21. The number of hydrogen-bond donors (Lipinski definition) is 1. The average molecular weight is 373 g/mol. The highest BCUT2D eigenvalue weighted by molar-refractivity contribution is 5.79. The van der Waals surface area contributed by atoms with E-state index in [0.29, 0.717) is 17.1 Å². The van der Waals surface area contributed by atoms with Crippen LogP contribution in [-0.4, -0.2) is 58.4 Å². The number of aromatic amines is 1. The number of carbonyl (C=O) groups excluding carboxylic acids is 1. The summed E-state index contributed by atoms with van der Waals surface area (Å²) in [6, 6.07) is 0. The zero-order valence-electron chi connectivity index (χ0n) is 16.7. The van der Waals surface area contributed by atoms with Crippen LogP contribution >= 0.6 is 0 Å². The van der Waals surface area contributed by atoms with Crippen LogP contribution < -0.4 is 5.56 Å². The first kappa shape index (κ1) is 18.7. The minimum Gasteiger partial charge on any atom is -0.342 e. The molecule has 1 amide bonds. The maximum absolute atomic E-state index is 12.9. The Labute approximate surface area is 161 Å². The van der Waals surface area contributed by atoms with Crippen LogP contribution in [0.2, 0.25) is 0 Å². The number of amides is 1. The standard InChI is InChI=1S/C21H32N4O2/c1-15-18(20(27)23-16(2)22-15)11-19(26)25-10-8-21(14-25)7-4-9-24(13-21)12-17-5-3-6-17/h17H,3-14H2,1-2H3,(H,22,23,27). The summed E-state index contributed by atoms with van der Waals surface area (Å²) in [7, 11) is 0. The minimum atomic E-state index is -0.174. The third-order valence-electron chi connectivity index (χ3n) is 6.94. The zero-order chi connectivity index (χ0) is 19.0. The molecule has 1 aromatic heterocycles. The van der Waals surface area contributed by atoms with E-state index < -0.39 is 0 Å². The van der Waals surface area contributed by atoms with E-state index in [0.717, 1.165) is 32.0 Å². The Bertz CT molecular complexity index is 770. The average Bonchev–Trinajstić information content (AvgIpc) is 2.98. The van der Waals surface area contributed by atoms with Crippen molar-refractivity contribution in [2.24, 2.45) is 11.3 Å². The zero-order valence-corrected chi connectivity index (χ0v) is 16.7. The maximum atomic E-state index is 12.9. The van der Waals surface area contributed by atoms with Crippen LogP contribution in [0.1, 0.15) is 55.6 Å². The molecule has 148 valence electrons. The molecular weight excluding hydrogens is 340 g/mol. The number of nitrogens with zero attached hydrogens (tertiary/aromatic N) is 3. The Balaban J connectivity index is 1.38. The highest BCUT2D eigenvalue weighted by Crippen LogP contribution is 2.40. The van der Waals surface area contributed by atoms with Gasteiger partial charge in [-0.2, -0.15) is 0 Å². The number of hydrogen-bond acceptors (Lipinski definition) is 4. The molecule has 2 saturated heterocycles. The molecule has 3 fully saturated rings. The maximum Gasteiger partial charge on any atom is 0.254 e. The second kappa shape index (κ2) is 7.38. The van der Waals surface area contributed by atoms with E-state index in [9.17, 15) is 9.59 Å². The number of rotatable bonds is 4. The molecule has 1 saturated carbocycles. The number of aryl methyl sites for hydroxylation is 2. The summed E-state index contributed by atoms with van der Waals surface area (Å²) < 4.78 is 0. The number of piperidine rings is 1. The number of H-pyrrole nitrogens is 1. The molecular formula is C21H32N4O2. The molecule has 1 unspecified atom stereocenters. The quantitative estimate of drug-likeness (QED) is 0.878. The van der Waals surface area contributed by atoms with Gasteiger partial charge < -0.3 is 14.8 Å². The SMILES string of the molecule is Cc1nc(C)c(CC(=O)N2CCC3(CCCN(CC4CCC4)C3)C2)c(=O)[nH]1. The first-order valence-corrected chi connectivity index (χ1v) is 10.5. The van der Waals surface area contributed by atoms with Gasteiger partial charge in [-0.3, -0.25) is 9.59 Å². The van der Waals surface area contributed by atoms with Gasteiger partial charge in [0.2, 0.25) is 5.91 Å². The fraction of sp³-hybridized carbons (Fsp3) is 0.762. The van der Waals surface area contributed by atoms with E-state index in [4.69, 9.17) is 0 Å². The second-order valence-electron chi connectivity index (χ2n) is 9.09. The van der Waals surface area contributed by atoms with E-state index in [1.807, 2.05) is 11.8 Å². The third kappa shape index (κ3) is 3.96. The van der Waals surface area contributed by atoms with Gasteiger partial charge in [-0.1, -0.05) is 6.42 Å². The smallest absolute Gasteiger partial charge is 0.254 e. The van der Waals surface area contributed by atoms with E-state index in [1.165, 1.54) is 45.2 Å². The Hall–Kier alpha value is -1.69. The molecule has 1 aromatic rings. The molecule has 3 heterocycles. The summed E-state index contributed by atoms with van der Waals surface area (Å²) in [5.74, 6) is 1.58. The lowest BCUT2D eigenvalue weighted by atomic mass is 9.78. The third-order valence-corrected chi connectivity index (χ3v) is 6.94. The highest BCUT2D eigenvalue weighted by atomic mass is 16.2. The fourth-order valence-electron chi connectivity index (χ4n) is 5.21. The van der Waals surface area contributed by atoms with E-state index in [1.54, 1.807) is 6.92 Å². The largest absolute Gasteiger partial charge is 0.342 e. The van der Waals surface area contributed by atoms with Gasteiger partial charge in [0.25, 0.3) is 5.56 Å². The van der Waals surface area contributed by atoms with Crippen LogP contribution in [0, 0.1) is 25.2 Å². The molecule has 1 N–H and O–H groups in total. The summed E-state index contributed by atoms with van der Waals surface area (Å²) in [6.45, 7) is 8.86. The Morgan fingerprint density at radius 3 is 2.70 bits per heavy atom. The lowest BCUT2D eigenvalue weighted by Crippen LogP contribution is -2.47. The van der Waals surface area contributed by atoms with Crippen molar-refractivity contribution in [3.05, 3.63) is 27.4 Å². The Morgan fingerprint density at radius 2 is 2.00 bits per heavy atom. The number of aromatic nitrogens is 2. The molecule has 3 aliphatic rings. The highest BCUT2D eigenvalue weighted by Gasteiger charge is 2.43. The molecule has 1 aliphatic carbocycles. The first-order valence-electron chi connectivity index (χ1n) is 10.5. The summed E-state index contributed by atoms with van der Waals surface area (Å²) >= 11 is 0. The lowest BCUT2D eigenvalue weighted by molar-refractivity contribution is -0.130. The lowest BCUT2D eigenvalue weighted by Gasteiger charge is -2.43. The van der Waals surface area contributed by atoms with Crippen molar-refractivity contribution < 1.29 is 4.79 Å². The molecule has 2 aliphatic heterocycles. The van der Waals surface area contributed by atoms with Gasteiger partial charge in [0.05, 0.1) is 6.42 Å². The van der Waals surface area contributed by atoms with Gasteiger partial charge in [-0.15, -0.1) is 0 Å². The van der Waals surface area contributed by atoms with Crippen LogP contribution in [0.15, 0.2) is 4.79 Å². The Kier molecular flexibility index (Phi) is 5.10. The normalized spacial score (nSPS) is 26.5. The second-order valence-corrected chi connectivity index (χ2v) is 9.09. The van der Waals surface area contributed by atoms with E-state index in [2.05, 4.69) is 14.9 Å². The summed E-state index contributed by atoms with van der Waals surface area (Å²) in [6.07, 6.45) is 7.92. The number of likely N-dealkylation sites (tertiary alicyclic amines) is 2. The molecule has 0 radical (unpaired) electrons. The summed E-state index contributed by atoms with van der Waals surface area (Å²) in [5.41, 5.74) is 1.28. The van der Waals surface area contributed by atoms with Gasteiger partial charge in [0.1, 0.15) is 5.82 Å². The van der Waals surface area contributed by atoms with Crippen molar-refractivity contribution in [3.63, 3.8) is 0 Å². The number of nitrogens with one attached hydrogen (secondary N) is 1. The molecule has 1 atom stereocenters. The van der Waals surface area contributed by atoms with Crippen LogP contribution in [-0.2, 0) is 11.2 Å². The van der Waals surface area contributed by atoms with Crippen LogP contribution in [0.3, 0.4) is 0 Å². The molecule has 0 bridgehead atoms. The van der Waals surface area contributed by atoms with Crippen LogP contribution in [0.4, 0.5) is 0 Å². The molecule has 27 heavy (non-hydrogen) atoms. The van der Waals surface area contributed by atoms with E-state index in [-0.39, 0.29) is 23.3 Å². The minimum absolute atomic E-state index is 0.0715. The predicted molar refractivity (Wildman–Crippen MR) is 105 cm³/mol. The van der Waals surface area contributed by atoms with Gasteiger partial charge in [-0.25, -0.2) is 4.98 Å². The molecule has 1 spiro atoms. The van der Waals surface area contributed by atoms with Crippen molar-refractivity contribution in [1.82, 2.24) is 19.8 Å². The topological polar surface area (TPSA) is 69.3 Å². The predicted octanol–water partition coefficient (Wildman–Crippen LogP) is 2.04. The summed E-state index contributed by atoms with van der Waals surface area (Å²) in [4.78, 5) is 36.8. The monoisotopic (exact) mass is 372 g/mol. The van der Waals surface area contributed by atoms with Crippen molar-refractivity contribution in [2.45, 2.75) is 58.8 Å². The van der Waals surface area contributed by atoms with Gasteiger partial charge >= 0.3 is 0 Å². The van der Waals surface area contributed by atoms with Crippen LogP contribution in [0.5, 0.6) is 0 Å². The number of carbonyl (C=O) groups is 1. The molecule has 6 heteroatoms. The first-order chi connectivity index (χ1) is 12.9. The Morgan fingerprint density at radius 1 is 1.19 bits per heavy atom. The molecule has 0 aromatic carbocycles.